The van der Waals surface area contributed by atoms with Crippen molar-refractivity contribution >= 4 is 5.69 Å². The number of rotatable bonds is 7. The number of nitro benzene ring substituents is 1. The molecule has 0 amide bonds. The molecule has 0 spiro atoms. The lowest BCUT2D eigenvalue weighted by molar-refractivity contribution is -0.386. The first kappa shape index (κ1) is 14.4. The zero-order valence-corrected chi connectivity index (χ0v) is 10.5. The molecule has 2 N–H and O–H groups in total. The summed E-state index contributed by atoms with van der Waals surface area (Å²) in [5, 5.41) is 23.4. The van der Waals surface area contributed by atoms with Gasteiger partial charge in [-0.2, -0.15) is 0 Å². The third kappa shape index (κ3) is 4.31. The largest absolute Gasteiger partial charge is 0.484 e. The molecular weight excluding hydrogens is 236 g/mol. The second-order valence-corrected chi connectivity index (χ2v) is 4.00. The van der Waals surface area contributed by atoms with Crippen LogP contribution in [-0.4, -0.2) is 35.8 Å². The SMILES string of the molecule is CCNCC(O)COc1ccc(C)cc1[N+](=O)[O-]. The van der Waals surface area contributed by atoms with Crippen LogP contribution in [-0.2, 0) is 0 Å². The molecule has 0 saturated heterocycles. The lowest BCUT2D eigenvalue weighted by Gasteiger charge is -2.12. The van der Waals surface area contributed by atoms with Crippen molar-refractivity contribution in [1.29, 1.82) is 0 Å². The number of hydrogen-bond donors (Lipinski definition) is 2. The molecule has 0 radical (unpaired) electrons. The summed E-state index contributed by atoms with van der Waals surface area (Å²) in [7, 11) is 0. The molecule has 0 fully saturated rings. The second-order valence-electron chi connectivity index (χ2n) is 4.00. The number of aliphatic hydroxyl groups excluding tert-OH is 1. The Hall–Kier alpha value is -1.66. The molecule has 6 nitrogen and oxygen atoms in total. The molecule has 18 heavy (non-hydrogen) atoms. The van der Waals surface area contributed by atoms with Gasteiger partial charge in [0.2, 0.25) is 0 Å². The minimum absolute atomic E-state index is 0.0247. The molecule has 1 aromatic rings. The summed E-state index contributed by atoms with van der Waals surface area (Å²) in [6, 6.07) is 4.73. The summed E-state index contributed by atoms with van der Waals surface area (Å²) >= 11 is 0. The van der Waals surface area contributed by atoms with Crippen LogP contribution in [0.5, 0.6) is 5.75 Å². The first-order valence-corrected chi connectivity index (χ1v) is 5.81. The Morgan fingerprint density at radius 3 is 2.89 bits per heavy atom. The van der Waals surface area contributed by atoms with Gasteiger partial charge in [0.1, 0.15) is 12.7 Å². The van der Waals surface area contributed by atoms with Crippen molar-refractivity contribution in [2.75, 3.05) is 19.7 Å². The van der Waals surface area contributed by atoms with Crippen molar-refractivity contribution in [2.24, 2.45) is 0 Å². The zero-order chi connectivity index (χ0) is 13.5. The fraction of sp³-hybridized carbons (Fsp3) is 0.500. The summed E-state index contributed by atoms with van der Waals surface area (Å²) in [6.07, 6.45) is -0.689. The molecule has 0 aromatic heterocycles. The number of aryl methyl sites for hydroxylation is 1. The van der Waals surface area contributed by atoms with E-state index in [1.807, 2.05) is 6.92 Å². The first-order valence-electron chi connectivity index (χ1n) is 5.81. The predicted octanol–water partition coefficient (Wildman–Crippen LogP) is 1.25. The van der Waals surface area contributed by atoms with Crippen LogP contribution in [0.4, 0.5) is 5.69 Å². The number of nitrogens with one attached hydrogen (secondary N) is 1. The summed E-state index contributed by atoms with van der Waals surface area (Å²) in [4.78, 5) is 10.4. The van der Waals surface area contributed by atoms with E-state index in [1.54, 1.807) is 19.1 Å². The zero-order valence-electron chi connectivity index (χ0n) is 10.5. The van der Waals surface area contributed by atoms with E-state index in [0.29, 0.717) is 6.54 Å². The quantitative estimate of drug-likeness (QED) is 0.565. The lowest BCUT2D eigenvalue weighted by Crippen LogP contribution is -2.31. The van der Waals surface area contributed by atoms with E-state index < -0.39 is 11.0 Å². The van der Waals surface area contributed by atoms with E-state index in [4.69, 9.17) is 4.74 Å². The average molecular weight is 254 g/mol. The van der Waals surface area contributed by atoms with E-state index in [1.165, 1.54) is 6.07 Å². The van der Waals surface area contributed by atoms with E-state index in [-0.39, 0.29) is 18.0 Å². The number of nitrogens with zero attached hydrogens (tertiary/aromatic N) is 1. The molecule has 100 valence electrons. The van der Waals surface area contributed by atoms with Gasteiger partial charge in [0, 0.05) is 12.6 Å². The van der Waals surface area contributed by atoms with Gasteiger partial charge in [-0.25, -0.2) is 0 Å². The molecule has 0 aliphatic rings. The van der Waals surface area contributed by atoms with Crippen LogP contribution >= 0.6 is 0 Å². The third-order valence-electron chi connectivity index (χ3n) is 2.37. The minimum Gasteiger partial charge on any atom is -0.484 e. The van der Waals surface area contributed by atoms with Gasteiger partial charge >= 0.3 is 5.69 Å². The number of hydrogen-bond acceptors (Lipinski definition) is 5. The van der Waals surface area contributed by atoms with E-state index in [0.717, 1.165) is 12.1 Å². The van der Waals surface area contributed by atoms with Crippen LogP contribution in [0.2, 0.25) is 0 Å². The van der Waals surface area contributed by atoms with Gasteiger partial charge in [-0.3, -0.25) is 10.1 Å². The van der Waals surface area contributed by atoms with Crippen molar-refractivity contribution in [1.82, 2.24) is 5.32 Å². The standard InChI is InChI=1S/C12H18N2O4/c1-3-13-7-10(15)8-18-12-5-4-9(2)6-11(12)14(16)17/h4-6,10,13,15H,3,7-8H2,1-2H3. The third-order valence-corrected chi connectivity index (χ3v) is 2.37. The van der Waals surface area contributed by atoms with Crippen LogP contribution < -0.4 is 10.1 Å². The van der Waals surface area contributed by atoms with Crippen molar-refractivity contribution in [3.8, 4) is 5.75 Å². The van der Waals surface area contributed by atoms with Gasteiger partial charge in [-0.1, -0.05) is 13.0 Å². The van der Waals surface area contributed by atoms with Crippen LogP contribution in [0.1, 0.15) is 12.5 Å². The molecule has 0 heterocycles. The molecular formula is C12H18N2O4. The van der Waals surface area contributed by atoms with Crippen LogP contribution in [0.3, 0.4) is 0 Å². The molecule has 0 bridgehead atoms. The van der Waals surface area contributed by atoms with Gasteiger partial charge in [0.25, 0.3) is 0 Å². The summed E-state index contributed by atoms with van der Waals surface area (Å²) < 4.78 is 5.28. The van der Waals surface area contributed by atoms with E-state index in [2.05, 4.69) is 5.32 Å². The van der Waals surface area contributed by atoms with Gasteiger partial charge < -0.3 is 15.2 Å². The highest BCUT2D eigenvalue weighted by molar-refractivity contribution is 5.48. The fourth-order valence-electron chi connectivity index (χ4n) is 1.45. The number of aliphatic hydroxyl groups is 1. The molecule has 1 unspecified atom stereocenters. The van der Waals surface area contributed by atoms with Crippen molar-refractivity contribution in [3.63, 3.8) is 0 Å². The molecule has 0 aliphatic carbocycles. The normalized spacial score (nSPS) is 12.2. The highest BCUT2D eigenvalue weighted by atomic mass is 16.6. The maximum absolute atomic E-state index is 10.8. The minimum atomic E-state index is -0.689. The van der Waals surface area contributed by atoms with Crippen LogP contribution in [0.15, 0.2) is 18.2 Å². The Bertz CT molecular complexity index is 409. The highest BCUT2D eigenvalue weighted by Crippen LogP contribution is 2.27. The van der Waals surface area contributed by atoms with Gasteiger partial charge in [-0.05, 0) is 25.1 Å². The average Bonchev–Trinajstić information content (AvgIpc) is 2.34. The molecule has 1 aromatic carbocycles. The number of nitro groups is 1. The van der Waals surface area contributed by atoms with Gasteiger partial charge in [0.15, 0.2) is 5.75 Å². The summed E-state index contributed by atoms with van der Waals surface area (Å²) in [5.74, 6) is 0.182. The summed E-state index contributed by atoms with van der Waals surface area (Å²) in [5.41, 5.74) is 0.716. The van der Waals surface area contributed by atoms with Crippen LogP contribution in [0, 0.1) is 17.0 Å². The number of likely N-dealkylation sites (N-methyl/N-ethyl adjacent to an activating group) is 1. The maximum atomic E-state index is 10.8. The summed E-state index contributed by atoms with van der Waals surface area (Å²) in [6.45, 7) is 4.88. The van der Waals surface area contributed by atoms with Crippen molar-refractivity contribution in [3.05, 3.63) is 33.9 Å². The molecule has 1 atom stereocenters. The molecule has 0 aliphatic heterocycles. The van der Waals surface area contributed by atoms with Gasteiger partial charge in [0.05, 0.1) is 4.92 Å². The lowest BCUT2D eigenvalue weighted by atomic mass is 10.2. The predicted molar refractivity (Wildman–Crippen MR) is 67.9 cm³/mol. The van der Waals surface area contributed by atoms with Crippen molar-refractivity contribution < 1.29 is 14.8 Å². The molecule has 1 rings (SSSR count). The first-order chi connectivity index (χ1) is 8.54. The topological polar surface area (TPSA) is 84.6 Å². The Labute approximate surface area is 106 Å². The number of benzene rings is 1. The Kier molecular flexibility index (Phi) is 5.54. The van der Waals surface area contributed by atoms with Crippen LogP contribution in [0.25, 0.3) is 0 Å². The fourth-order valence-corrected chi connectivity index (χ4v) is 1.45. The Balaban J connectivity index is 2.64. The monoisotopic (exact) mass is 254 g/mol. The Morgan fingerprint density at radius 2 is 2.28 bits per heavy atom. The Morgan fingerprint density at radius 1 is 1.56 bits per heavy atom. The maximum Gasteiger partial charge on any atom is 0.311 e. The molecule has 6 heteroatoms. The van der Waals surface area contributed by atoms with E-state index in [9.17, 15) is 15.2 Å². The smallest absolute Gasteiger partial charge is 0.311 e. The second kappa shape index (κ2) is 6.93. The highest BCUT2D eigenvalue weighted by Gasteiger charge is 2.16. The van der Waals surface area contributed by atoms with Crippen molar-refractivity contribution in [2.45, 2.75) is 20.0 Å². The van der Waals surface area contributed by atoms with E-state index >= 15 is 0 Å². The van der Waals surface area contributed by atoms with Gasteiger partial charge in [-0.15, -0.1) is 0 Å². The number of ether oxygens (including phenoxy) is 1. The molecule has 0 saturated carbocycles.